The average Bonchev–Trinajstić information content (AvgIpc) is 3.25. The third-order valence-corrected chi connectivity index (χ3v) is 4.21. The maximum Gasteiger partial charge on any atom is 0.277 e. The number of amides is 1. The Labute approximate surface area is 147 Å². The maximum atomic E-state index is 12.0. The van der Waals surface area contributed by atoms with Gasteiger partial charge in [0.05, 0.1) is 18.1 Å². The van der Waals surface area contributed by atoms with E-state index in [0.717, 1.165) is 5.56 Å². The molecule has 8 heteroatoms. The molecule has 2 aromatic heterocycles. The number of carbonyl (C=O) groups is 1. The molecule has 0 unspecified atom stereocenters. The molecule has 124 valence electrons. The van der Waals surface area contributed by atoms with Gasteiger partial charge in [-0.25, -0.2) is 0 Å². The largest absolute Gasteiger partial charge is 0.467 e. The summed E-state index contributed by atoms with van der Waals surface area (Å²) >= 11 is 7.11. The molecule has 0 saturated carbocycles. The van der Waals surface area contributed by atoms with Crippen LogP contribution in [-0.2, 0) is 4.79 Å². The number of rotatable bonds is 6. The normalized spacial score (nSPS) is 12.1. The third-order valence-electron chi connectivity index (χ3n) is 3.15. The minimum absolute atomic E-state index is 0.147. The third kappa shape index (κ3) is 4.18. The Morgan fingerprint density at radius 2 is 2.21 bits per heavy atom. The Morgan fingerprint density at radius 1 is 1.33 bits per heavy atom. The summed E-state index contributed by atoms with van der Waals surface area (Å²) < 4.78 is 10.8. The van der Waals surface area contributed by atoms with Crippen LogP contribution in [0, 0.1) is 0 Å². The highest BCUT2D eigenvalue weighted by Crippen LogP contribution is 2.25. The van der Waals surface area contributed by atoms with Crippen LogP contribution in [0.2, 0.25) is 5.02 Å². The number of thioether (sulfide) groups is 1. The van der Waals surface area contributed by atoms with Crippen molar-refractivity contribution in [1.82, 2.24) is 15.5 Å². The molecule has 3 rings (SSSR count). The monoisotopic (exact) mass is 363 g/mol. The van der Waals surface area contributed by atoms with E-state index < -0.39 is 0 Å². The molecular weight excluding hydrogens is 350 g/mol. The summed E-state index contributed by atoms with van der Waals surface area (Å²) in [7, 11) is 0. The van der Waals surface area contributed by atoms with Crippen LogP contribution in [-0.4, -0.2) is 21.9 Å². The molecule has 1 amide bonds. The Morgan fingerprint density at radius 3 is 2.96 bits per heavy atom. The van der Waals surface area contributed by atoms with Crippen LogP contribution in [0.4, 0.5) is 0 Å². The summed E-state index contributed by atoms with van der Waals surface area (Å²) in [4.78, 5) is 12.0. The molecule has 0 saturated heterocycles. The van der Waals surface area contributed by atoms with Crippen molar-refractivity contribution in [3.05, 3.63) is 53.4 Å². The number of benzene rings is 1. The fraction of sp³-hybridized carbons (Fsp3) is 0.188. The first-order chi connectivity index (χ1) is 11.6. The average molecular weight is 364 g/mol. The van der Waals surface area contributed by atoms with E-state index in [2.05, 4.69) is 15.5 Å². The quantitative estimate of drug-likeness (QED) is 0.668. The van der Waals surface area contributed by atoms with Crippen LogP contribution in [0.5, 0.6) is 0 Å². The summed E-state index contributed by atoms with van der Waals surface area (Å²) in [5.41, 5.74) is 0.734. The van der Waals surface area contributed by atoms with Gasteiger partial charge in [-0.05, 0) is 37.3 Å². The molecule has 0 aliphatic rings. The van der Waals surface area contributed by atoms with E-state index in [1.54, 1.807) is 30.5 Å². The SMILES string of the molecule is C[C@H](NC(=O)CSc1nnc(-c2cccc(Cl)c2)o1)c1ccco1. The van der Waals surface area contributed by atoms with Crippen LogP contribution < -0.4 is 5.32 Å². The van der Waals surface area contributed by atoms with Gasteiger partial charge in [0, 0.05) is 10.6 Å². The van der Waals surface area contributed by atoms with Gasteiger partial charge >= 0.3 is 0 Å². The van der Waals surface area contributed by atoms with E-state index in [9.17, 15) is 4.79 Å². The van der Waals surface area contributed by atoms with Crippen LogP contribution in [0.15, 0.2) is 56.7 Å². The van der Waals surface area contributed by atoms with Crippen LogP contribution in [0.3, 0.4) is 0 Å². The fourth-order valence-corrected chi connectivity index (χ4v) is 2.79. The number of carbonyl (C=O) groups excluding carboxylic acids is 1. The second-order valence-electron chi connectivity index (χ2n) is 4.98. The molecule has 0 spiro atoms. The minimum Gasteiger partial charge on any atom is -0.467 e. The molecule has 3 aromatic rings. The highest BCUT2D eigenvalue weighted by molar-refractivity contribution is 7.99. The zero-order valence-electron chi connectivity index (χ0n) is 12.7. The summed E-state index contributed by atoms with van der Waals surface area (Å²) in [6.45, 7) is 1.85. The van der Waals surface area contributed by atoms with Gasteiger partial charge in [0.2, 0.25) is 11.8 Å². The minimum atomic E-state index is -0.196. The Bertz CT molecular complexity index is 820. The molecule has 0 fully saturated rings. The molecule has 1 atom stereocenters. The van der Waals surface area contributed by atoms with Crippen LogP contribution in [0.1, 0.15) is 18.7 Å². The first kappa shape index (κ1) is 16.6. The molecule has 0 bridgehead atoms. The van der Waals surface area contributed by atoms with E-state index in [-0.39, 0.29) is 17.7 Å². The van der Waals surface area contributed by atoms with Crippen molar-refractivity contribution in [2.75, 3.05) is 5.75 Å². The van der Waals surface area contributed by atoms with Crippen LogP contribution in [0.25, 0.3) is 11.5 Å². The fourth-order valence-electron chi connectivity index (χ4n) is 2.03. The predicted octanol–water partition coefficient (Wildman–Crippen LogP) is 3.95. The number of hydrogen-bond acceptors (Lipinski definition) is 6. The van der Waals surface area contributed by atoms with Crippen molar-refractivity contribution in [3.8, 4) is 11.5 Å². The first-order valence-corrected chi connectivity index (χ1v) is 8.53. The lowest BCUT2D eigenvalue weighted by molar-refractivity contribution is -0.119. The number of halogens is 1. The van der Waals surface area contributed by atoms with E-state index in [0.29, 0.717) is 21.9 Å². The Kier molecular flexibility index (Phi) is 5.22. The molecule has 1 aromatic carbocycles. The van der Waals surface area contributed by atoms with Gasteiger partial charge in [0.15, 0.2) is 0 Å². The lowest BCUT2D eigenvalue weighted by atomic mass is 10.2. The first-order valence-electron chi connectivity index (χ1n) is 7.17. The van der Waals surface area contributed by atoms with Crippen molar-refractivity contribution in [1.29, 1.82) is 0 Å². The van der Waals surface area contributed by atoms with E-state index >= 15 is 0 Å². The highest BCUT2D eigenvalue weighted by atomic mass is 35.5. The summed E-state index contributed by atoms with van der Waals surface area (Å²) in [5.74, 6) is 1.09. The molecule has 0 aliphatic carbocycles. The van der Waals surface area contributed by atoms with Gasteiger partial charge < -0.3 is 14.2 Å². The van der Waals surface area contributed by atoms with Crippen molar-refractivity contribution in [3.63, 3.8) is 0 Å². The van der Waals surface area contributed by atoms with Crippen molar-refractivity contribution in [2.24, 2.45) is 0 Å². The molecule has 0 radical (unpaired) electrons. The molecule has 24 heavy (non-hydrogen) atoms. The lowest BCUT2D eigenvalue weighted by Gasteiger charge is -2.10. The van der Waals surface area contributed by atoms with Crippen molar-refractivity contribution in [2.45, 2.75) is 18.2 Å². The zero-order chi connectivity index (χ0) is 16.9. The summed E-state index contributed by atoms with van der Waals surface area (Å²) in [6, 6.07) is 10.5. The molecule has 0 aliphatic heterocycles. The lowest BCUT2D eigenvalue weighted by Crippen LogP contribution is -2.27. The van der Waals surface area contributed by atoms with Gasteiger partial charge in [-0.3, -0.25) is 4.79 Å². The second kappa shape index (κ2) is 7.55. The highest BCUT2D eigenvalue weighted by Gasteiger charge is 2.14. The van der Waals surface area contributed by atoms with E-state index in [1.165, 1.54) is 11.8 Å². The van der Waals surface area contributed by atoms with E-state index in [1.807, 2.05) is 19.1 Å². The smallest absolute Gasteiger partial charge is 0.277 e. The molecular formula is C16H14ClN3O3S. The van der Waals surface area contributed by atoms with Crippen LogP contribution >= 0.6 is 23.4 Å². The second-order valence-corrected chi connectivity index (χ2v) is 6.34. The Hall–Kier alpha value is -2.25. The van der Waals surface area contributed by atoms with E-state index in [4.69, 9.17) is 20.4 Å². The van der Waals surface area contributed by atoms with Crippen molar-refractivity contribution >= 4 is 29.3 Å². The number of nitrogens with one attached hydrogen (secondary N) is 1. The summed E-state index contributed by atoms with van der Waals surface area (Å²) in [5, 5.41) is 11.6. The zero-order valence-corrected chi connectivity index (χ0v) is 14.3. The Balaban J connectivity index is 1.54. The standard InChI is InChI=1S/C16H14ClN3O3S/c1-10(13-6-3-7-22-13)18-14(21)9-24-16-20-19-15(23-16)11-4-2-5-12(17)8-11/h2-8,10H,9H2,1H3,(H,18,21)/t10-/m0/s1. The molecule has 6 nitrogen and oxygen atoms in total. The number of hydrogen-bond donors (Lipinski definition) is 1. The van der Waals surface area contributed by atoms with Crippen molar-refractivity contribution < 1.29 is 13.6 Å². The molecule has 2 heterocycles. The summed E-state index contributed by atoms with van der Waals surface area (Å²) in [6.07, 6.45) is 1.57. The van der Waals surface area contributed by atoms with Gasteiger partial charge in [-0.2, -0.15) is 0 Å². The van der Waals surface area contributed by atoms with Gasteiger partial charge in [0.1, 0.15) is 5.76 Å². The van der Waals surface area contributed by atoms with Gasteiger partial charge in [-0.15, -0.1) is 10.2 Å². The van der Waals surface area contributed by atoms with Gasteiger partial charge in [-0.1, -0.05) is 29.4 Å². The number of aromatic nitrogens is 2. The predicted molar refractivity (Wildman–Crippen MR) is 90.7 cm³/mol. The topological polar surface area (TPSA) is 81.2 Å². The number of nitrogens with zero attached hydrogens (tertiary/aromatic N) is 2. The molecule has 1 N–H and O–H groups in total. The number of furan rings is 1. The van der Waals surface area contributed by atoms with Gasteiger partial charge in [0.25, 0.3) is 5.22 Å². The maximum absolute atomic E-state index is 12.0.